The first kappa shape index (κ1) is 13.9. The van der Waals surface area contributed by atoms with E-state index >= 15 is 0 Å². The van der Waals surface area contributed by atoms with Gasteiger partial charge in [0.05, 0.1) is 6.42 Å². The van der Waals surface area contributed by atoms with Gasteiger partial charge in [0.1, 0.15) is 0 Å². The fraction of sp³-hybridized carbons (Fsp3) is 0.933. The maximum atomic E-state index is 11.2. The zero-order valence-corrected chi connectivity index (χ0v) is 11.4. The first-order valence-electron chi connectivity index (χ1n) is 7.60. The van der Waals surface area contributed by atoms with Crippen LogP contribution in [0.4, 0.5) is 0 Å². The highest BCUT2D eigenvalue weighted by atomic mass is 16.4. The fourth-order valence-electron chi connectivity index (χ4n) is 4.45. The summed E-state index contributed by atoms with van der Waals surface area (Å²) in [5, 5.41) is 9.22. The Labute approximate surface area is 110 Å². The number of hydrogen-bond donors (Lipinski definition) is 2. The van der Waals surface area contributed by atoms with Gasteiger partial charge in [-0.2, -0.15) is 0 Å². The van der Waals surface area contributed by atoms with E-state index in [0.29, 0.717) is 12.5 Å². The van der Waals surface area contributed by atoms with E-state index in [4.69, 9.17) is 5.73 Å². The number of hydrogen-bond acceptors (Lipinski definition) is 2. The quantitative estimate of drug-likeness (QED) is 0.809. The van der Waals surface area contributed by atoms with E-state index < -0.39 is 5.97 Å². The lowest BCUT2D eigenvalue weighted by atomic mass is 9.58. The molecule has 3 heteroatoms. The SMILES string of the molecule is NC[C@@]1(CC(=O)O)CCCC[C@@H]1C1CCCCC1. The minimum atomic E-state index is -0.664. The van der Waals surface area contributed by atoms with Crippen molar-refractivity contribution in [2.24, 2.45) is 23.0 Å². The molecule has 2 aliphatic carbocycles. The van der Waals surface area contributed by atoms with Crippen LogP contribution in [-0.4, -0.2) is 17.6 Å². The largest absolute Gasteiger partial charge is 0.481 e. The van der Waals surface area contributed by atoms with Crippen LogP contribution in [0.2, 0.25) is 0 Å². The second kappa shape index (κ2) is 6.05. The fourth-order valence-corrected chi connectivity index (χ4v) is 4.45. The Kier molecular flexibility index (Phi) is 4.66. The molecule has 2 aliphatic rings. The van der Waals surface area contributed by atoms with Gasteiger partial charge in [0.15, 0.2) is 0 Å². The Morgan fingerprint density at radius 2 is 1.78 bits per heavy atom. The molecular weight excluding hydrogens is 226 g/mol. The molecule has 0 saturated heterocycles. The number of aliphatic carboxylic acids is 1. The van der Waals surface area contributed by atoms with Crippen LogP contribution < -0.4 is 5.73 Å². The zero-order chi connectivity index (χ0) is 13.0. The molecule has 3 nitrogen and oxygen atoms in total. The van der Waals surface area contributed by atoms with Crippen molar-refractivity contribution in [3.63, 3.8) is 0 Å². The first-order chi connectivity index (χ1) is 8.68. The Bertz CT molecular complexity index is 286. The maximum Gasteiger partial charge on any atom is 0.303 e. The van der Waals surface area contributed by atoms with Crippen LogP contribution in [0.15, 0.2) is 0 Å². The third kappa shape index (κ3) is 2.87. The molecular formula is C15H27NO2. The molecule has 2 atom stereocenters. The van der Waals surface area contributed by atoms with E-state index in [-0.39, 0.29) is 11.8 Å². The monoisotopic (exact) mass is 253 g/mol. The summed E-state index contributed by atoms with van der Waals surface area (Å²) in [5.41, 5.74) is 5.92. The molecule has 0 unspecified atom stereocenters. The summed E-state index contributed by atoms with van der Waals surface area (Å²) in [4.78, 5) is 11.2. The van der Waals surface area contributed by atoms with E-state index in [0.717, 1.165) is 18.8 Å². The van der Waals surface area contributed by atoms with Crippen LogP contribution in [0.5, 0.6) is 0 Å². The van der Waals surface area contributed by atoms with E-state index in [9.17, 15) is 9.90 Å². The van der Waals surface area contributed by atoms with E-state index in [1.54, 1.807) is 0 Å². The number of carboxylic acids is 1. The summed E-state index contributed by atoms with van der Waals surface area (Å²) >= 11 is 0. The first-order valence-corrected chi connectivity index (χ1v) is 7.60. The molecule has 0 radical (unpaired) electrons. The van der Waals surface area contributed by atoms with Crippen LogP contribution in [0, 0.1) is 17.3 Å². The molecule has 2 fully saturated rings. The lowest BCUT2D eigenvalue weighted by molar-refractivity contribution is -0.142. The van der Waals surface area contributed by atoms with E-state index in [1.165, 1.54) is 44.9 Å². The summed E-state index contributed by atoms with van der Waals surface area (Å²) in [7, 11) is 0. The van der Waals surface area contributed by atoms with Gasteiger partial charge < -0.3 is 10.8 Å². The van der Waals surface area contributed by atoms with Crippen molar-refractivity contribution in [1.82, 2.24) is 0 Å². The molecule has 0 aromatic heterocycles. The van der Waals surface area contributed by atoms with E-state index in [2.05, 4.69) is 0 Å². The van der Waals surface area contributed by atoms with Crippen molar-refractivity contribution < 1.29 is 9.90 Å². The van der Waals surface area contributed by atoms with E-state index in [1.807, 2.05) is 0 Å². The highest BCUT2D eigenvalue weighted by molar-refractivity contribution is 5.67. The normalized spacial score (nSPS) is 34.4. The highest BCUT2D eigenvalue weighted by Crippen LogP contribution is 2.50. The van der Waals surface area contributed by atoms with Crippen molar-refractivity contribution in [1.29, 1.82) is 0 Å². The second-order valence-corrected chi connectivity index (χ2v) is 6.39. The van der Waals surface area contributed by atoms with Gasteiger partial charge in [0.25, 0.3) is 0 Å². The number of carboxylic acid groups (broad SMARTS) is 1. The lowest BCUT2D eigenvalue weighted by Crippen LogP contribution is -2.45. The van der Waals surface area contributed by atoms with Gasteiger partial charge in [-0.15, -0.1) is 0 Å². The summed E-state index contributed by atoms with van der Waals surface area (Å²) in [5.74, 6) is 0.637. The number of nitrogens with two attached hydrogens (primary N) is 1. The van der Waals surface area contributed by atoms with Crippen molar-refractivity contribution in [3.8, 4) is 0 Å². The van der Waals surface area contributed by atoms with Crippen molar-refractivity contribution in [3.05, 3.63) is 0 Å². The predicted octanol–water partition coefficient (Wildman–Crippen LogP) is 3.18. The average Bonchev–Trinajstić information content (AvgIpc) is 2.39. The van der Waals surface area contributed by atoms with Crippen LogP contribution in [0.1, 0.15) is 64.2 Å². The van der Waals surface area contributed by atoms with Gasteiger partial charge in [0.2, 0.25) is 0 Å². The molecule has 0 aliphatic heterocycles. The smallest absolute Gasteiger partial charge is 0.303 e. The minimum absolute atomic E-state index is 0.105. The third-order valence-corrected chi connectivity index (χ3v) is 5.36. The topological polar surface area (TPSA) is 63.3 Å². The predicted molar refractivity (Wildman–Crippen MR) is 72.3 cm³/mol. The van der Waals surface area contributed by atoms with Gasteiger partial charge in [-0.05, 0) is 36.6 Å². The molecule has 18 heavy (non-hydrogen) atoms. The van der Waals surface area contributed by atoms with Gasteiger partial charge in [-0.25, -0.2) is 0 Å². The van der Waals surface area contributed by atoms with Crippen molar-refractivity contribution in [2.75, 3.05) is 6.54 Å². The molecule has 0 spiro atoms. The van der Waals surface area contributed by atoms with Crippen molar-refractivity contribution in [2.45, 2.75) is 64.2 Å². The second-order valence-electron chi connectivity index (χ2n) is 6.39. The average molecular weight is 253 g/mol. The highest BCUT2D eigenvalue weighted by Gasteiger charge is 2.44. The Morgan fingerprint density at radius 1 is 1.11 bits per heavy atom. The van der Waals surface area contributed by atoms with Gasteiger partial charge in [-0.3, -0.25) is 4.79 Å². The Morgan fingerprint density at radius 3 is 2.39 bits per heavy atom. The standard InChI is InChI=1S/C15H27NO2/c16-11-15(10-14(17)18)9-5-4-8-13(15)12-6-2-1-3-7-12/h12-13H,1-11,16H2,(H,17,18)/t13-,15+/m1/s1. The van der Waals surface area contributed by atoms with Gasteiger partial charge in [0, 0.05) is 0 Å². The molecule has 0 aromatic carbocycles. The minimum Gasteiger partial charge on any atom is -0.481 e. The van der Waals surface area contributed by atoms with Gasteiger partial charge in [-0.1, -0.05) is 44.9 Å². The molecule has 0 heterocycles. The van der Waals surface area contributed by atoms with Crippen molar-refractivity contribution >= 4 is 5.97 Å². The lowest BCUT2D eigenvalue weighted by Gasteiger charge is -2.47. The molecule has 2 saturated carbocycles. The zero-order valence-electron chi connectivity index (χ0n) is 11.4. The van der Waals surface area contributed by atoms with Crippen LogP contribution in [0.3, 0.4) is 0 Å². The summed E-state index contributed by atoms with van der Waals surface area (Å²) in [6.45, 7) is 0.556. The molecule has 0 aromatic rings. The van der Waals surface area contributed by atoms with Crippen LogP contribution in [-0.2, 0) is 4.79 Å². The number of carbonyl (C=O) groups is 1. The summed E-state index contributed by atoms with van der Waals surface area (Å²) in [6, 6.07) is 0. The van der Waals surface area contributed by atoms with Crippen LogP contribution in [0.25, 0.3) is 0 Å². The summed E-state index contributed by atoms with van der Waals surface area (Å²) in [6.07, 6.45) is 11.5. The van der Waals surface area contributed by atoms with Gasteiger partial charge >= 0.3 is 5.97 Å². The number of rotatable bonds is 4. The summed E-state index contributed by atoms with van der Waals surface area (Å²) < 4.78 is 0. The Balaban J connectivity index is 2.13. The molecule has 3 N–H and O–H groups in total. The third-order valence-electron chi connectivity index (χ3n) is 5.36. The molecule has 104 valence electrons. The maximum absolute atomic E-state index is 11.2. The molecule has 0 bridgehead atoms. The van der Waals surface area contributed by atoms with Crippen LogP contribution >= 0.6 is 0 Å². The molecule has 2 rings (SSSR count). The molecule has 0 amide bonds. The Hall–Kier alpha value is -0.570.